The van der Waals surface area contributed by atoms with Gasteiger partial charge in [0.25, 0.3) is 0 Å². The Kier molecular flexibility index (Phi) is 5.10. The third-order valence-electron chi connectivity index (χ3n) is 2.23. The number of carboxylic acid groups (broad SMARTS) is 1. The lowest BCUT2D eigenvalue weighted by molar-refractivity contribution is -0.136. The summed E-state index contributed by atoms with van der Waals surface area (Å²) in [7, 11) is 0. The van der Waals surface area contributed by atoms with Gasteiger partial charge in [0, 0.05) is 21.2 Å². The van der Waals surface area contributed by atoms with E-state index in [1.54, 1.807) is 17.5 Å². The number of thioether (sulfide) groups is 1. The zero-order valence-electron chi connectivity index (χ0n) is 9.60. The number of carboxylic acids is 1. The lowest BCUT2D eigenvalue weighted by atomic mass is 10.2. The molecule has 7 heteroatoms. The predicted octanol–water partition coefficient (Wildman–Crippen LogP) is 4.37. The monoisotopic (exact) mass is 333 g/mol. The Balaban J connectivity index is 1.98. The van der Waals surface area contributed by atoms with Gasteiger partial charge in [0.2, 0.25) is 0 Å². The van der Waals surface area contributed by atoms with E-state index in [-0.39, 0.29) is 6.42 Å². The Morgan fingerprint density at radius 3 is 2.89 bits per heavy atom. The van der Waals surface area contributed by atoms with Gasteiger partial charge in [-0.2, -0.15) is 0 Å². The molecule has 100 valence electrons. The fraction of sp³-hybridized carbons (Fsp3) is 0.167. The lowest BCUT2D eigenvalue weighted by Gasteiger charge is -2.02. The van der Waals surface area contributed by atoms with Gasteiger partial charge in [0.05, 0.1) is 12.1 Å². The summed E-state index contributed by atoms with van der Waals surface area (Å²) in [5, 5.41) is 11.7. The average Bonchev–Trinajstić information content (AvgIpc) is 2.74. The van der Waals surface area contributed by atoms with Gasteiger partial charge < -0.3 is 5.11 Å². The molecule has 3 nitrogen and oxygen atoms in total. The van der Waals surface area contributed by atoms with Crippen LogP contribution in [0.15, 0.2) is 27.9 Å². The van der Waals surface area contributed by atoms with Crippen molar-refractivity contribution in [3.05, 3.63) is 44.9 Å². The van der Waals surface area contributed by atoms with Crippen molar-refractivity contribution in [3.8, 4) is 0 Å². The molecule has 0 saturated heterocycles. The number of halogens is 2. The summed E-state index contributed by atoms with van der Waals surface area (Å²) in [4.78, 5) is 14.8. The molecule has 1 heterocycles. The Labute approximate surface area is 128 Å². The van der Waals surface area contributed by atoms with Crippen LogP contribution in [0.5, 0.6) is 0 Å². The number of hydrogen-bond acceptors (Lipinski definition) is 4. The molecule has 0 aliphatic rings. The molecular weight excluding hydrogens is 325 g/mol. The van der Waals surface area contributed by atoms with Gasteiger partial charge in [-0.1, -0.05) is 41.0 Å². The Morgan fingerprint density at radius 1 is 1.42 bits per heavy atom. The second-order valence-corrected chi connectivity index (χ2v) is 6.62. The van der Waals surface area contributed by atoms with Crippen LogP contribution in [0.4, 0.5) is 0 Å². The van der Waals surface area contributed by atoms with Gasteiger partial charge in [-0.25, -0.2) is 4.98 Å². The summed E-state index contributed by atoms with van der Waals surface area (Å²) in [6, 6.07) is 5.38. The molecule has 2 rings (SSSR count). The van der Waals surface area contributed by atoms with E-state index in [0.717, 1.165) is 9.90 Å². The van der Waals surface area contributed by atoms with Crippen LogP contribution < -0.4 is 0 Å². The van der Waals surface area contributed by atoms with Crippen LogP contribution in [0.25, 0.3) is 0 Å². The molecule has 2 aromatic rings. The maximum atomic E-state index is 10.6. The topological polar surface area (TPSA) is 50.2 Å². The van der Waals surface area contributed by atoms with E-state index in [4.69, 9.17) is 28.3 Å². The number of thiazole rings is 1. The number of benzene rings is 1. The highest BCUT2D eigenvalue weighted by Gasteiger charge is 2.08. The first kappa shape index (κ1) is 14.7. The minimum Gasteiger partial charge on any atom is -0.481 e. The fourth-order valence-corrected chi connectivity index (χ4v) is 3.77. The number of aromatic nitrogens is 1. The van der Waals surface area contributed by atoms with E-state index in [0.29, 0.717) is 21.5 Å². The largest absolute Gasteiger partial charge is 0.481 e. The van der Waals surface area contributed by atoms with Crippen molar-refractivity contribution < 1.29 is 9.90 Å². The molecule has 0 radical (unpaired) electrons. The molecule has 0 amide bonds. The SMILES string of the molecule is O=C(O)Cc1csc(SCc2ccc(Cl)cc2Cl)n1. The smallest absolute Gasteiger partial charge is 0.309 e. The molecule has 1 N–H and O–H groups in total. The minimum absolute atomic E-state index is 0.0429. The molecule has 0 unspecified atom stereocenters. The highest BCUT2D eigenvalue weighted by Crippen LogP contribution is 2.30. The van der Waals surface area contributed by atoms with Crippen molar-refractivity contribution >= 4 is 52.3 Å². The van der Waals surface area contributed by atoms with Crippen LogP contribution in [-0.2, 0) is 17.0 Å². The van der Waals surface area contributed by atoms with E-state index in [1.807, 2.05) is 6.07 Å². The van der Waals surface area contributed by atoms with Crippen molar-refractivity contribution in [2.45, 2.75) is 16.5 Å². The first-order valence-electron chi connectivity index (χ1n) is 5.27. The first-order chi connectivity index (χ1) is 9.04. The Hall–Kier alpha value is -0.750. The zero-order chi connectivity index (χ0) is 13.8. The molecule has 19 heavy (non-hydrogen) atoms. The predicted molar refractivity (Wildman–Crippen MR) is 79.5 cm³/mol. The number of hydrogen-bond donors (Lipinski definition) is 1. The van der Waals surface area contributed by atoms with Crippen LogP contribution in [0, 0.1) is 0 Å². The second kappa shape index (κ2) is 6.61. The summed E-state index contributed by atoms with van der Waals surface area (Å²) in [5.41, 5.74) is 1.56. The molecule has 0 atom stereocenters. The van der Waals surface area contributed by atoms with Crippen LogP contribution in [0.1, 0.15) is 11.3 Å². The summed E-state index contributed by atoms with van der Waals surface area (Å²) >= 11 is 14.9. The number of nitrogens with zero attached hydrogens (tertiary/aromatic N) is 1. The van der Waals surface area contributed by atoms with Gasteiger partial charge >= 0.3 is 5.97 Å². The van der Waals surface area contributed by atoms with E-state index >= 15 is 0 Å². The minimum atomic E-state index is -0.873. The van der Waals surface area contributed by atoms with Crippen LogP contribution >= 0.6 is 46.3 Å². The summed E-state index contributed by atoms with van der Waals surface area (Å²) < 4.78 is 0.835. The number of rotatable bonds is 5. The summed E-state index contributed by atoms with van der Waals surface area (Å²) in [6.45, 7) is 0. The third-order valence-corrected chi connectivity index (χ3v) is 4.93. The molecule has 1 aromatic carbocycles. The van der Waals surface area contributed by atoms with Gasteiger partial charge in [0.15, 0.2) is 0 Å². The third kappa shape index (κ3) is 4.38. The molecule has 0 fully saturated rings. The van der Waals surface area contributed by atoms with Gasteiger partial charge in [-0.05, 0) is 17.7 Å². The molecule has 0 spiro atoms. The van der Waals surface area contributed by atoms with Crippen molar-refractivity contribution in [2.75, 3.05) is 0 Å². The van der Waals surface area contributed by atoms with Crippen LogP contribution in [-0.4, -0.2) is 16.1 Å². The normalized spacial score (nSPS) is 10.6. The van der Waals surface area contributed by atoms with E-state index in [2.05, 4.69) is 4.98 Å². The quantitative estimate of drug-likeness (QED) is 0.825. The molecule has 0 aliphatic heterocycles. The highest BCUT2D eigenvalue weighted by atomic mass is 35.5. The maximum absolute atomic E-state index is 10.6. The molecule has 1 aromatic heterocycles. The molecule has 0 saturated carbocycles. The van der Waals surface area contributed by atoms with E-state index < -0.39 is 5.97 Å². The average molecular weight is 334 g/mol. The van der Waals surface area contributed by atoms with Gasteiger partial charge in [-0.3, -0.25) is 4.79 Å². The number of carbonyl (C=O) groups is 1. The van der Waals surface area contributed by atoms with Crippen molar-refractivity contribution in [3.63, 3.8) is 0 Å². The van der Waals surface area contributed by atoms with Crippen LogP contribution in [0.2, 0.25) is 10.0 Å². The standard InChI is InChI=1S/C12H9Cl2NO2S2/c13-8-2-1-7(10(14)3-8)5-18-12-15-9(6-19-12)4-11(16)17/h1-3,6H,4-5H2,(H,16,17). The van der Waals surface area contributed by atoms with E-state index in [1.165, 1.54) is 23.1 Å². The van der Waals surface area contributed by atoms with E-state index in [9.17, 15) is 4.79 Å². The molecule has 0 aliphatic carbocycles. The highest BCUT2D eigenvalue weighted by molar-refractivity contribution is 8.00. The van der Waals surface area contributed by atoms with Crippen LogP contribution in [0.3, 0.4) is 0 Å². The Bertz CT molecular complexity index is 601. The van der Waals surface area contributed by atoms with Crippen molar-refractivity contribution in [1.29, 1.82) is 0 Å². The lowest BCUT2D eigenvalue weighted by Crippen LogP contribution is -1.99. The summed E-state index contributed by atoms with van der Waals surface area (Å²) in [6.07, 6.45) is -0.0429. The summed E-state index contributed by atoms with van der Waals surface area (Å²) in [5.74, 6) is -0.196. The van der Waals surface area contributed by atoms with Gasteiger partial charge in [0.1, 0.15) is 4.34 Å². The maximum Gasteiger partial charge on any atom is 0.309 e. The first-order valence-corrected chi connectivity index (χ1v) is 7.89. The Morgan fingerprint density at radius 2 is 2.21 bits per heavy atom. The van der Waals surface area contributed by atoms with Crippen molar-refractivity contribution in [1.82, 2.24) is 4.98 Å². The van der Waals surface area contributed by atoms with Gasteiger partial charge in [-0.15, -0.1) is 11.3 Å². The zero-order valence-corrected chi connectivity index (χ0v) is 12.7. The number of aliphatic carboxylic acids is 1. The fourth-order valence-electron chi connectivity index (χ4n) is 1.37. The molecule has 0 bridgehead atoms. The molecular formula is C12H9Cl2NO2S2. The van der Waals surface area contributed by atoms with Crippen molar-refractivity contribution in [2.24, 2.45) is 0 Å². The second-order valence-electron chi connectivity index (χ2n) is 3.70.